The van der Waals surface area contributed by atoms with Gasteiger partial charge in [-0.2, -0.15) is 0 Å². The highest BCUT2D eigenvalue weighted by atomic mass is 16.6. The van der Waals surface area contributed by atoms with Crippen LogP contribution in [-0.2, 0) is 9.47 Å². The second-order valence-electron chi connectivity index (χ2n) is 7.00. The fraction of sp³-hybridized carbons (Fsp3) is 0.933. The summed E-state index contributed by atoms with van der Waals surface area (Å²) in [5.41, 5.74) is -0.422. The quantitative estimate of drug-likeness (QED) is 0.863. The van der Waals surface area contributed by atoms with E-state index in [1.807, 2.05) is 27.8 Å². The summed E-state index contributed by atoms with van der Waals surface area (Å²) < 4.78 is 10.6. The number of carbonyl (C=O) groups is 1. The lowest BCUT2D eigenvalue weighted by Crippen LogP contribution is -2.52. The first-order chi connectivity index (χ1) is 9.35. The van der Waals surface area contributed by atoms with Crippen molar-refractivity contribution in [1.82, 2.24) is 10.2 Å². The molecular weight excluding hydrogens is 256 g/mol. The van der Waals surface area contributed by atoms with E-state index in [1.165, 1.54) is 0 Å². The molecule has 5 heteroatoms. The molecule has 1 aliphatic carbocycles. The Morgan fingerprint density at radius 1 is 1.15 bits per heavy atom. The zero-order chi connectivity index (χ0) is 14.8. The van der Waals surface area contributed by atoms with Gasteiger partial charge in [0.15, 0.2) is 0 Å². The molecule has 0 aromatic rings. The van der Waals surface area contributed by atoms with Gasteiger partial charge in [0.2, 0.25) is 0 Å². The van der Waals surface area contributed by atoms with Crippen molar-refractivity contribution in [3.05, 3.63) is 0 Å². The van der Waals surface area contributed by atoms with Crippen LogP contribution in [-0.4, -0.2) is 55.0 Å². The molecule has 0 atom stereocenters. The van der Waals surface area contributed by atoms with Crippen molar-refractivity contribution in [2.45, 2.75) is 70.2 Å². The summed E-state index contributed by atoms with van der Waals surface area (Å²) in [4.78, 5) is 13.8. The van der Waals surface area contributed by atoms with Crippen LogP contribution in [0.25, 0.3) is 0 Å². The van der Waals surface area contributed by atoms with Gasteiger partial charge in [-0.1, -0.05) is 0 Å². The van der Waals surface area contributed by atoms with E-state index in [0.29, 0.717) is 18.1 Å². The average molecular weight is 284 g/mol. The van der Waals surface area contributed by atoms with Crippen molar-refractivity contribution in [1.29, 1.82) is 0 Å². The number of hydrogen-bond donors (Lipinski definition) is 1. The van der Waals surface area contributed by atoms with Crippen LogP contribution in [0.1, 0.15) is 46.5 Å². The third-order valence-electron chi connectivity index (χ3n) is 4.04. The Labute approximate surface area is 122 Å². The normalized spacial score (nSPS) is 27.8. The molecule has 1 saturated heterocycles. The fourth-order valence-electron chi connectivity index (χ4n) is 2.78. The molecule has 1 saturated carbocycles. The summed E-state index contributed by atoms with van der Waals surface area (Å²) in [6.07, 6.45) is 4.12. The van der Waals surface area contributed by atoms with E-state index in [9.17, 15) is 4.79 Å². The minimum absolute atomic E-state index is 0.207. The first-order valence-corrected chi connectivity index (χ1v) is 7.65. The lowest BCUT2D eigenvalue weighted by Gasteiger charge is -2.38. The maximum absolute atomic E-state index is 12.0. The Balaban J connectivity index is 1.73. The molecule has 0 unspecified atom stereocenters. The number of nitrogens with one attached hydrogen (secondary N) is 1. The van der Waals surface area contributed by atoms with Crippen LogP contribution in [0.2, 0.25) is 0 Å². The zero-order valence-corrected chi connectivity index (χ0v) is 13.1. The molecular formula is C15H28N2O3. The van der Waals surface area contributed by atoms with Crippen molar-refractivity contribution >= 4 is 6.09 Å². The van der Waals surface area contributed by atoms with Crippen molar-refractivity contribution in [3.63, 3.8) is 0 Å². The fourth-order valence-corrected chi connectivity index (χ4v) is 2.78. The van der Waals surface area contributed by atoms with Crippen molar-refractivity contribution in [2.75, 3.05) is 20.3 Å². The SMILES string of the molecule is CN(C(=O)OC(C)(C)C)C1CCC(NC2COC2)CC1. The van der Waals surface area contributed by atoms with Crippen molar-refractivity contribution in [3.8, 4) is 0 Å². The topological polar surface area (TPSA) is 50.8 Å². The maximum Gasteiger partial charge on any atom is 0.410 e. The molecule has 0 bridgehead atoms. The highest BCUT2D eigenvalue weighted by Gasteiger charge is 2.30. The minimum Gasteiger partial charge on any atom is -0.444 e. The smallest absolute Gasteiger partial charge is 0.410 e. The van der Waals surface area contributed by atoms with E-state index in [4.69, 9.17) is 9.47 Å². The summed E-state index contributed by atoms with van der Waals surface area (Å²) in [5, 5.41) is 3.62. The van der Waals surface area contributed by atoms with E-state index >= 15 is 0 Å². The van der Waals surface area contributed by atoms with Gasteiger partial charge < -0.3 is 19.7 Å². The number of hydrogen-bond acceptors (Lipinski definition) is 4. The first-order valence-electron chi connectivity index (χ1n) is 7.65. The van der Waals surface area contributed by atoms with E-state index in [0.717, 1.165) is 38.9 Å². The van der Waals surface area contributed by atoms with Gasteiger partial charge in [-0.15, -0.1) is 0 Å². The number of rotatable bonds is 3. The highest BCUT2D eigenvalue weighted by molar-refractivity contribution is 5.68. The van der Waals surface area contributed by atoms with Gasteiger partial charge in [0.1, 0.15) is 5.60 Å². The molecule has 5 nitrogen and oxygen atoms in total. The predicted molar refractivity (Wildman–Crippen MR) is 77.8 cm³/mol. The van der Waals surface area contributed by atoms with Gasteiger partial charge in [-0.05, 0) is 46.5 Å². The zero-order valence-electron chi connectivity index (χ0n) is 13.1. The molecule has 0 spiro atoms. The first kappa shape index (κ1) is 15.6. The molecule has 2 rings (SSSR count). The monoisotopic (exact) mass is 284 g/mol. The maximum atomic E-state index is 12.0. The van der Waals surface area contributed by atoms with Crippen LogP contribution >= 0.6 is 0 Å². The Kier molecular flexibility index (Phi) is 4.91. The van der Waals surface area contributed by atoms with E-state index in [2.05, 4.69) is 5.32 Å². The molecule has 20 heavy (non-hydrogen) atoms. The summed E-state index contributed by atoms with van der Waals surface area (Å²) >= 11 is 0. The third kappa shape index (κ3) is 4.35. The summed E-state index contributed by atoms with van der Waals surface area (Å²) in [6, 6.07) is 1.42. The van der Waals surface area contributed by atoms with Crippen LogP contribution in [0.4, 0.5) is 4.79 Å². The molecule has 2 fully saturated rings. The molecule has 2 aliphatic rings. The number of carbonyl (C=O) groups excluding carboxylic acids is 1. The Hall–Kier alpha value is -0.810. The van der Waals surface area contributed by atoms with Crippen molar-refractivity contribution in [2.24, 2.45) is 0 Å². The molecule has 1 heterocycles. The lowest BCUT2D eigenvalue weighted by atomic mass is 9.90. The summed E-state index contributed by atoms with van der Waals surface area (Å²) in [6.45, 7) is 7.40. The van der Waals surface area contributed by atoms with E-state index < -0.39 is 5.60 Å². The molecule has 1 amide bonds. The lowest BCUT2D eigenvalue weighted by molar-refractivity contribution is -0.0142. The number of amides is 1. The molecule has 0 radical (unpaired) electrons. The number of ether oxygens (including phenoxy) is 2. The molecule has 1 N–H and O–H groups in total. The van der Waals surface area contributed by atoms with Crippen LogP contribution < -0.4 is 5.32 Å². The van der Waals surface area contributed by atoms with Gasteiger partial charge in [0, 0.05) is 19.1 Å². The van der Waals surface area contributed by atoms with E-state index in [-0.39, 0.29) is 6.09 Å². The Morgan fingerprint density at radius 2 is 1.75 bits per heavy atom. The average Bonchev–Trinajstić information content (AvgIpc) is 2.31. The summed E-state index contributed by atoms with van der Waals surface area (Å²) in [5.74, 6) is 0. The minimum atomic E-state index is -0.422. The third-order valence-corrected chi connectivity index (χ3v) is 4.04. The molecule has 0 aromatic carbocycles. The van der Waals surface area contributed by atoms with Crippen LogP contribution in [0, 0.1) is 0 Å². The molecule has 1 aliphatic heterocycles. The largest absolute Gasteiger partial charge is 0.444 e. The standard InChI is InChI=1S/C15H28N2O3/c1-15(2,3)20-14(18)17(4)13-7-5-11(6-8-13)16-12-9-19-10-12/h11-13,16H,5-10H2,1-4H3. The molecule has 0 aromatic heterocycles. The van der Waals surface area contributed by atoms with Crippen LogP contribution in [0.3, 0.4) is 0 Å². The van der Waals surface area contributed by atoms with E-state index in [1.54, 1.807) is 4.90 Å². The molecule has 116 valence electrons. The summed E-state index contributed by atoms with van der Waals surface area (Å²) in [7, 11) is 1.85. The Morgan fingerprint density at radius 3 is 2.20 bits per heavy atom. The predicted octanol–water partition coefficient (Wildman–Crippen LogP) is 2.15. The van der Waals surface area contributed by atoms with Crippen LogP contribution in [0.5, 0.6) is 0 Å². The number of nitrogens with zero attached hydrogens (tertiary/aromatic N) is 1. The van der Waals surface area contributed by atoms with Gasteiger partial charge in [0.25, 0.3) is 0 Å². The second-order valence-corrected chi connectivity index (χ2v) is 7.00. The van der Waals surface area contributed by atoms with Gasteiger partial charge in [-0.3, -0.25) is 0 Å². The van der Waals surface area contributed by atoms with Gasteiger partial charge >= 0.3 is 6.09 Å². The highest BCUT2D eigenvalue weighted by Crippen LogP contribution is 2.24. The van der Waals surface area contributed by atoms with Gasteiger partial charge in [-0.25, -0.2) is 4.79 Å². The van der Waals surface area contributed by atoms with Gasteiger partial charge in [0.05, 0.1) is 19.3 Å². The Bertz CT molecular complexity index is 329. The second kappa shape index (κ2) is 6.31. The van der Waals surface area contributed by atoms with Crippen molar-refractivity contribution < 1.29 is 14.3 Å². The van der Waals surface area contributed by atoms with Crippen LogP contribution in [0.15, 0.2) is 0 Å².